The zero-order valence-electron chi connectivity index (χ0n) is 12.2. The standard InChI is InChI=1S/C11H14N2O.ClH/c1-14-9-2-3-11-10(6-9)8(4-5-12)7-13-11;/h2-3,6-7,13H,4-5,12H2,1H3;1H/i4D2,5D2;. The lowest BCUT2D eigenvalue weighted by Crippen LogP contribution is -2.01. The quantitative estimate of drug-likeness (QED) is 0.849. The zero-order chi connectivity index (χ0) is 13.6. The van der Waals surface area contributed by atoms with E-state index in [2.05, 4.69) is 4.98 Å². The minimum atomic E-state index is -2.47. The van der Waals surface area contributed by atoms with Crippen molar-refractivity contribution in [1.82, 2.24) is 4.98 Å². The number of aryl methyl sites for hydroxylation is 1. The molecule has 3 nitrogen and oxygen atoms in total. The van der Waals surface area contributed by atoms with Gasteiger partial charge in [0.15, 0.2) is 0 Å². The van der Waals surface area contributed by atoms with E-state index < -0.39 is 12.9 Å². The van der Waals surface area contributed by atoms with Crippen molar-refractivity contribution < 1.29 is 10.2 Å². The van der Waals surface area contributed by atoms with Gasteiger partial charge in [0.2, 0.25) is 0 Å². The Labute approximate surface area is 101 Å². The summed E-state index contributed by atoms with van der Waals surface area (Å²) < 4.78 is 35.6. The molecule has 0 spiro atoms. The van der Waals surface area contributed by atoms with Crippen molar-refractivity contribution in [3.05, 3.63) is 30.0 Å². The highest BCUT2D eigenvalue weighted by Crippen LogP contribution is 2.23. The zero-order valence-corrected chi connectivity index (χ0v) is 9.02. The first-order valence-corrected chi connectivity index (χ1v) is 4.22. The molecule has 0 radical (unpaired) electrons. The SMILES string of the molecule is Cl.[2H]C([2H])(N)C([2H])([2H])c1c[nH]c2ccc(OC)cc12. The fourth-order valence-electron chi connectivity index (χ4n) is 1.41. The first kappa shape index (κ1) is 7.14. The number of aromatic nitrogens is 1. The summed E-state index contributed by atoms with van der Waals surface area (Å²) in [6, 6.07) is 5.15. The summed E-state index contributed by atoms with van der Waals surface area (Å²) in [4.78, 5) is 2.90. The van der Waals surface area contributed by atoms with Gasteiger partial charge in [-0.3, -0.25) is 0 Å². The third kappa shape index (κ3) is 2.25. The van der Waals surface area contributed by atoms with Crippen LogP contribution in [0.3, 0.4) is 0 Å². The highest BCUT2D eigenvalue weighted by molar-refractivity contribution is 5.85. The molecule has 0 aliphatic heterocycles. The van der Waals surface area contributed by atoms with Gasteiger partial charge in [-0.1, -0.05) is 0 Å². The molecule has 0 saturated carbocycles. The van der Waals surface area contributed by atoms with Crippen molar-refractivity contribution >= 4 is 23.3 Å². The van der Waals surface area contributed by atoms with Gasteiger partial charge in [-0.15, -0.1) is 12.4 Å². The molecule has 0 aliphatic carbocycles. The molecule has 0 aliphatic rings. The van der Waals surface area contributed by atoms with E-state index in [1.165, 1.54) is 13.3 Å². The second-order valence-electron chi connectivity index (χ2n) is 2.88. The average Bonchev–Trinajstić information content (AvgIpc) is 2.70. The van der Waals surface area contributed by atoms with Gasteiger partial charge in [0, 0.05) is 22.6 Å². The Balaban J connectivity index is 0.00000180. The number of hydrogen-bond acceptors (Lipinski definition) is 2. The lowest BCUT2D eigenvalue weighted by Gasteiger charge is -2.00. The minimum Gasteiger partial charge on any atom is -0.497 e. The molecule has 82 valence electrons. The van der Waals surface area contributed by atoms with Gasteiger partial charge in [0.25, 0.3) is 0 Å². The molecular formula is C11H15ClN2O. The van der Waals surface area contributed by atoms with Crippen molar-refractivity contribution in [2.45, 2.75) is 6.37 Å². The van der Waals surface area contributed by atoms with Crippen LogP contribution < -0.4 is 10.5 Å². The van der Waals surface area contributed by atoms with E-state index in [0.29, 0.717) is 16.7 Å². The van der Waals surface area contributed by atoms with Crippen LogP contribution in [0.4, 0.5) is 0 Å². The number of hydrogen-bond donors (Lipinski definition) is 2. The van der Waals surface area contributed by atoms with E-state index in [1.807, 2.05) is 0 Å². The van der Waals surface area contributed by atoms with Crippen molar-refractivity contribution in [2.75, 3.05) is 13.6 Å². The Morgan fingerprint density at radius 1 is 1.53 bits per heavy atom. The van der Waals surface area contributed by atoms with Crippen LogP contribution in [0.2, 0.25) is 0 Å². The fourth-order valence-corrected chi connectivity index (χ4v) is 1.41. The molecule has 0 unspecified atom stereocenters. The lowest BCUT2D eigenvalue weighted by molar-refractivity contribution is 0.415. The molecule has 2 aromatic rings. The predicted molar refractivity (Wildman–Crippen MR) is 64.9 cm³/mol. The lowest BCUT2D eigenvalue weighted by atomic mass is 10.1. The van der Waals surface area contributed by atoms with Gasteiger partial charge in [0.1, 0.15) is 5.75 Å². The predicted octanol–water partition coefficient (Wildman–Crippen LogP) is 2.10. The third-order valence-corrected chi connectivity index (χ3v) is 2.10. The number of fused-ring (bicyclic) bond motifs is 1. The summed E-state index contributed by atoms with van der Waals surface area (Å²) >= 11 is 0. The normalized spacial score (nSPS) is 15.9. The summed E-state index contributed by atoms with van der Waals surface area (Å²) in [5, 5.41) is 0.564. The summed E-state index contributed by atoms with van der Waals surface area (Å²) in [5.74, 6) is 0.580. The van der Waals surface area contributed by atoms with Gasteiger partial charge in [-0.05, 0) is 36.6 Å². The van der Waals surface area contributed by atoms with Crippen molar-refractivity contribution in [3.8, 4) is 5.75 Å². The number of nitrogens with two attached hydrogens (primary N) is 1. The summed E-state index contributed by atoms with van der Waals surface area (Å²) in [6.45, 7) is -2.47. The maximum Gasteiger partial charge on any atom is 0.119 e. The Kier molecular flexibility index (Phi) is 2.41. The fraction of sp³-hybridized carbons (Fsp3) is 0.273. The summed E-state index contributed by atoms with van der Waals surface area (Å²) in [5.41, 5.74) is 6.17. The largest absolute Gasteiger partial charge is 0.497 e. The van der Waals surface area contributed by atoms with Crippen LogP contribution in [0.25, 0.3) is 10.9 Å². The van der Waals surface area contributed by atoms with Crippen molar-refractivity contribution in [2.24, 2.45) is 5.73 Å². The van der Waals surface area contributed by atoms with Crippen LogP contribution in [-0.4, -0.2) is 18.6 Å². The van der Waals surface area contributed by atoms with Gasteiger partial charge in [0.05, 0.1) is 7.11 Å². The Bertz CT molecular complexity index is 580. The molecule has 0 fully saturated rings. The second-order valence-corrected chi connectivity index (χ2v) is 2.88. The van der Waals surface area contributed by atoms with E-state index >= 15 is 0 Å². The number of rotatable bonds is 3. The van der Waals surface area contributed by atoms with Gasteiger partial charge in [-0.2, -0.15) is 0 Å². The number of H-pyrrole nitrogens is 1. The number of nitrogens with one attached hydrogen (secondary N) is 1. The number of halogens is 1. The second kappa shape index (κ2) is 5.05. The average molecular weight is 231 g/mol. The van der Waals surface area contributed by atoms with E-state index in [-0.39, 0.29) is 18.0 Å². The van der Waals surface area contributed by atoms with Crippen LogP contribution in [0, 0.1) is 0 Å². The van der Waals surface area contributed by atoms with E-state index in [1.54, 1.807) is 18.2 Å². The molecule has 1 heterocycles. The third-order valence-electron chi connectivity index (χ3n) is 2.10. The Morgan fingerprint density at radius 3 is 3.00 bits per heavy atom. The molecular weight excluding hydrogens is 212 g/mol. The summed E-state index contributed by atoms with van der Waals surface area (Å²) in [6.07, 6.45) is -0.855. The Hall–Kier alpha value is -1.19. The molecule has 0 bridgehead atoms. The number of ether oxygens (including phenoxy) is 1. The van der Waals surface area contributed by atoms with E-state index in [9.17, 15) is 0 Å². The molecule has 15 heavy (non-hydrogen) atoms. The minimum absolute atomic E-state index is 0. The molecule has 1 aromatic carbocycles. The topological polar surface area (TPSA) is 51.0 Å². The van der Waals surface area contributed by atoms with Crippen molar-refractivity contribution in [1.29, 1.82) is 0 Å². The molecule has 0 saturated heterocycles. The highest BCUT2D eigenvalue weighted by Gasteiger charge is 2.03. The van der Waals surface area contributed by atoms with E-state index in [4.69, 9.17) is 16.0 Å². The highest BCUT2D eigenvalue weighted by atomic mass is 35.5. The smallest absolute Gasteiger partial charge is 0.119 e. The monoisotopic (exact) mass is 230 g/mol. The van der Waals surface area contributed by atoms with Gasteiger partial charge < -0.3 is 15.5 Å². The van der Waals surface area contributed by atoms with Gasteiger partial charge >= 0.3 is 0 Å². The van der Waals surface area contributed by atoms with Crippen LogP contribution in [0.1, 0.15) is 11.0 Å². The maximum absolute atomic E-state index is 7.85. The summed E-state index contributed by atoms with van der Waals surface area (Å²) in [7, 11) is 1.52. The van der Waals surface area contributed by atoms with Crippen LogP contribution in [-0.2, 0) is 6.37 Å². The molecule has 0 atom stereocenters. The number of benzene rings is 1. The first-order valence-electron chi connectivity index (χ1n) is 6.22. The molecule has 2 rings (SSSR count). The number of aromatic amines is 1. The molecule has 3 N–H and O–H groups in total. The van der Waals surface area contributed by atoms with Crippen molar-refractivity contribution in [3.63, 3.8) is 0 Å². The maximum atomic E-state index is 7.85. The number of methoxy groups -OCH3 is 1. The molecule has 1 aromatic heterocycles. The Morgan fingerprint density at radius 2 is 2.33 bits per heavy atom. The van der Waals surface area contributed by atoms with E-state index in [0.717, 1.165) is 0 Å². The first-order chi connectivity index (χ1) is 8.27. The molecule has 4 heteroatoms. The van der Waals surface area contributed by atoms with Crippen LogP contribution in [0.5, 0.6) is 5.75 Å². The van der Waals surface area contributed by atoms with Crippen LogP contribution >= 0.6 is 12.4 Å². The van der Waals surface area contributed by atoms with Gasteiger partial charge in [-0.25, -0.2) is 0 Å². The molecule has 0 amide bonds. The van der Waals surface area contributed by atoms with Crippen LogP contribution in [0.15, 0.2) is 24.4 Å².